The number of hydrogen-bond acceptors (Lipinski definition) is 6. The van der Waals surface area contributed by atoms with Crippen molar-refractivity contribution in [1.29, 1.82) is 0 Å². The summed E-state index contributed by atoms with van der Waals surface area (Å²) in [5.41, 5.74) is 1.37. The molecule has 7 heteroatoms. The van der Waals surface area contributed by atoms with Gasteiger partial charge in [-0.1, -0.05) is 29.3 Å². The second-order valence-electron chi connectivity index (χ2n) is 5.76. The molecule has 0 radical (unpaired) electrons. The molecule has 0 atom stereocenters. The lowest BCUT2D eigenvalue weighted by Gasteiger charge is -2.38. The number of carbonyl (C=O) groups excluding carboxylic acids is 2. The summed E-state index contributed by atoms with van der Waals surface area (Å²) in [4.78, 5) is 28.6. The number of benzene rings is 1. The van der Waals surface area contributed by atoms with Gasteiger partial charge >= 0.3 is 11.9 Å². The Kier molecular flexibility index (Phi) is 7.01. The van der Waals surface area contributed by atoms with E-state index < -0.39 is 11.9 Å². The number of nitrogens with zero attached hydrogens (tertiary/aromatic N) is 2. The summed E-state index contributed by atoms with van der Waals surface area (Å²) in [7, 11) is 2.63. The first-order valence-electron chi connectivity index (χ1n) is 8.17. The van der Waals surface area contributed by atoms with Crippen LogP contribution in [0.5, 0.6) is 0 Å². The summed E-state index contributed by atoms with van der Waals surface area (Å²) < 4.78 is 10.8. The zero-order chi connectivity index (χ0) is 18.4. The zero-order valence-corrected chi connectivity index (χ0v) is 16.3. The molecule has 0 aromatic heterocycles. The number of esters is 2. The summed E-state index contributed by atoms with van der Waals surface area (Å²) >= 11 is 3.41. The number of halogens is 1. The van der Waals surface area contributed by atoms with E-state index in [4.69, 9.17) is 9.47 Å². The third-order valence-corrected chi connectivity index (χ3v) is 4.58. The van der Waals surface area contributed by atoms with Crippen LogP contribution in [0.25, 0.3) is 0 Å². The quantitative estimate of drug-likeness (QED) is 0.671. The summed E-state index contributed by atoms with van der Waals surface area (Å²) in [5, 5.41) is 0. The molecule has 0 saturated carbocycles. The van der Waals surface area contributed by atoms with Crippen LogP contribution in [0.3, 0.4) is 0 Å². The summed E-state index contributed by atoms with van der Waals surface area (Å²) in [5.74, 6) is -1.05. The van der Waals surface area contributed by atoms with Gasteiger partial charge in [0, 0.05) is 23.2 Å². The van der Waals surface area contributed by atoms with Crippen molar-refractivity contribution < 1.29 is 19.1 Å². The van der Waals surface area contributed by atoms with Gasteiger partial charge in [0.1, 0.15) is 5.70 Å². The number of unbranched alkanes of at least 4 members (excludes halogenated alkanes) is 1. The van der Waals surface area contributed by atoms with Gasteiger partial charge in [-0.2, -0.15) is 0 Å². The predicted molar refractivity (Wildman–Crippen MR) is 99.0 cm³/mol. The lowest BCUT2D eigenvalue weighted by Crippen LogP contribution is -2.48. The number of hydrogen-bond donors (Lipinski definition) is 0. The number of carbonyl (C=O) groups is 2. The standard InChI is InChI=1S/C18H23BrN2O4/c1-4-5-10-20-11-15(17(22)24-2)16(18(23)25-3)21(12-20)14-8-6-13(19)7-9-14/h6-9H,4-5,10-12H2,1-3H3. The van der Waals surface area contributed by atoms with Crippen molar-refractivity contribution in [1.82, 2.24) is 4.90 Å². The van der Waals surface area contributed by atoms with Crippen LogP contribution in [0, 0.1) is 0 Å². The van der Waals surface area contributed by atoms with E-state index in [0.29, 0.717) is 18.8 Å². The Hall–Kier alpha value is -1.86. The molecular formula is C18H23BrN2O4. The maximum Gasteiger partial charge on any atom is 0.355 e. The Morgan fingerprint density at radius 2 is 1.76 bits per heavy atom. The molecular weight excluding hydrogens is 388 g/mol. The monoisotopic (exact) mass is 410 g/mol. The first kappa shape index (κ1) is 19.5. The van der Waals surface area contributed by atoms with Crippen LogP contribution in [0.2, 0.25) is 0 Å². The van der Waals surface area contributed by atoms with Crippen molar-refractivity contribution in [2.24, 2.45) is 0 Å². The Bertz CT molecular complexity index is 658. The van der Waals surface area contributed by atoms with Gasteiger partial charge < -0.3 is 14.4 Å². The van der Waals surface area contributed by atoms with Gasteiger partial charge in [0.05, 0.1) is 26.5 Å². The minimum atomic E-state index is -0.543. The smallest absolute Gasteiger partial charge is 0.355 e. The fraction of sp³-hybridized carbons (Fsp3) is 0.444. The molecule has 0 spiro atoms. The molecule has 2 rings (SSSR count). The van der Waals surface area contributed by atoms with Crippen molar-refractivity contribution in [2.45, 2.75) is 19.8 Å². The number of ether oxygens (including phenoxy) is 2. The molecule has 0 N–H and O–H groups in total. The second kappa shape index (κ2) is 9.01. The van der Waals surface area contributed by atoms with Crippen molar-refractivity contribution >= 4 is 33.6 Å². The maximum atomic E-state index is 12.4. The topological polar surface area (TPSA) is 59.1 Å². The van der Waals surface area contributed by atoms with Crippen LogP contribution in [0.1, 0.15) is 19.8 Å². The van der Waals surface area contributed by atoms with Crippen LogP contribution in [0.15, 0.2) is 40.0 Å². The van der Waals surface area contributed by atoms with Crippen molar-refractivity contribution in [3.8, 4) is 0 Å². The molecule has 0 bridgehead atoms. The van der Waals surface area contributed by atoms with Gasteiger partial charge in [-0.15, -0.1) is 0 Å². The molecule has 0 amide bonds. The van der Waals surface area contributed by atoms with Crippen LogP contribution in [-0.2, 0) is 19.1 Å². The van der Waals surface area contributed by atoms with Gasteiger partial charge in [-0.05, 0) is 30.7 Å². The van der Waals surface area contributed by atoms with Crippen LogP contribution in [-0.4, -0.2) is 50.8 Å². The van der Waals surface area contributed by atoms with Crippen LogP contribution in [0.4, 0.5) is 5.69 Å². The van der Waals surface area contributed by atoms with Gasteiger partial charge in [0.25, 0.3) is 0 Å². The molecule has 136 valence electrons. The van der Waals surface area contributed by atoms with E-state index in [9.17, 15) is 9.59 Å². The second-order valence-corrected chi connectivity index (χ2v) is 6.68. The van der Waals surface area contributed by atoms with Crippen molar-refractivity contribution in [3.63, 3.8) is 0 Å². The fourth-order valence-corrected chi connectivity index (χ4v) is 3.02. The maximum absolute atomic E-state index is 12.4. The molecule has 0 aliphatic carbocycles. The first-order valence-corrected chi connectivity index (χ1v) is 8.96. The lowest BCUT2D eigenvalue weighted by atomic mass is 10.1. The lowest BCUT2D eigenvalue weighted by molar-refractivity contribution is -0.140. The normalized spacial score (nSPS) is 15.3. The van der Waals surface area contributed by atoms with E-state index in [0.717, 1.165) is 29.5 Å². The van der Waals surface area contributed by atoms with Gasteiger partial charge in [-0.3, -0.25) is 4.90 Å². The molecule has 1 aromatic carbocycles. The van der Waals surface area contributed by atoms with E-state index in [-0.39, 0.29) is 5.70 Å². The summed E-state index contributed by atoms with van der Waals surface area (Å²) in [6.45, 7) is 3.82. The minimum Gasteiger partial charge on any atom is -0.466 e. The molecule has 25 heavy (non-hydrogen) atoms. The molecule has 0 fully saturated rings. The van der Waals surface area contributed by atoms with Crippen molar-refractivity contribution in [3.05, 3.63) is 40.0 Å². The fourth-order valence-electron chi connectivity index (χ4n) is 2.76. The largest absolute Gasteiger partial charge is 0.466 e. The van der Waals surface area contributed by atoms with E-state index in [1.807, 2.05) is 29.2 Å². The van der Waals surface area contributed by atoms with Gasteiger partial charge in [0.15, 0.2) is 0 Å². The highest BCUT2D eigenvalue weighted by Gasteiger charge is 2.34. The minimum absolute atomic E-state index is 0.240. The van der Waals surface area contributed by atoms with E-state index in [1.54, 1.807) is 0 Å². The third kappa shape index (κ3) is 4.61. The number of rotatable bonds is 6. The summed E-state index contributed by atoms with van der Waals surface area (Å²) in [6.07, 6.45) is 2.06. The van der Waals surface area contributed by atoms with Crippen molar-refractivity contribution in [2.75, 3.05) is 38.9 Å². The Morgan fingerprint density at radius 1 is 1.12 bits per heavy atom. The van der Waals surface area contributed by atoms with E-state index in [2.05, 4.69) is 27.8 Å². The Morgan fingerprint density at radius 3 is 2.32 bits per heavy atom. The first-order chi connectivity index (χ1) is 12.0. The molecule has 6 nitrogen and oxygen atoms in total. The Balaban J connectivity index is 2.50. The molecule has 0 saturated heterocycles. The van der Waals surface area contributed by atoms with Crippen LogP contribution < -0.4 is 4.90 Å². The highest BCUT2D eigenvalue weighted by Crippen LogP contribution is 2.29. The zero-order valence-electron chi connectivity index (χ0n) is 14.8. The SMILES string of the molecule is CCCCN1CC(C(=O)OC)=C(C(=O)OC)N(c2ccc(Br)cc2)C1. The predicted octanol–water partition coefficient (Wildman–Crippen LogP) is 2.93. The average molecular weight is 411 g/mol. The Labute approximate surface area is 156 Å². The average Bonchev–Trinajstić information content (AvgIpc) is 2.64. The van der Waals surface area contributed by atoms with E-state index in [1.165, 1.54) is 14.2 Å². The van der Waals surface area contributed by atoms with Gasteiger partial charge in [0.2, 0.25) is 0 Å². The summed E-state index contributed by atoms with van der Waals surface area (Å²) in [6, 6.07) is 7.58. The molecule has 1 aliphatic heterocycles. The molecule has 0 unspecified atom stereocenters. The van der Waals surface area contributed by atoms with E-state index >= 15 is 0 Å². The highest BCUT2D eigenvalue weighted by atomic mass is 79.9. The molecule has 1 aliphatic rings. The number of anilines is 1. The molecule has 1 heterocycles. The highest BCUT2D eigenvalue weighted by molar-refractivity contribution is 9.10. The van der Waals surface area contributed by atoms with Crippen LogP contribution >= 0.6 is 15.9 Å². The number of methoxy groups -OCH3 is 2. The molecule has 1 aromatic rings. The van der Waals surface area contributed by atoms with Gasteiger partial charge in [-0.25, -0.2) is 9.59 Å². The third-order valence-electron chi connectivity index (χ3n) is 4.06.